The number of rotatable bonds is 8. The lowest BCUT2D eigenvalue weighted by Crippen LogP contribution is -2.41. The molecule has 104 valence electrons. The van der Waals surface area contributed by atoms with E-state index in [0.717, 1.165) is 19.4 Å². The fraction of sp³-hybridized carbons (Fsp3) is 0.833. The molecule has 1 saturated heterocycles. The van der Waals surface area contributed by atoms with Crippen LogP contribution in [0.2, 0.25) is 0 Å². The summed E-state index contributed by atoms with van der Waals surface area (Å²) in [5.41, 5.74) is 0. The van der Waals surface area contributed by atoms with Crippen LogP contribution >= 0.6 is 0 Å². The van der Waals surface area contributed by atoms with Crippen molar-refractivity contribution in [1.82, 2.24) is 5.32 Å². The van der Waals surface area contributed by atoms with Crippen LogP contribution in [0.3, 0.4) is 0 Å². The standard InChI is InChI=1S/C12H21NO5/c1-17-8-6-10(12(15)16)13-11(14)5-4-9-3-2-7-18-9/h9-10H,2-8H2,1H3,(H,13,14)(H,15,16). The maximum Gasteiger partial charge on any atom is 0.326 e. The van der Waals surface area contributed by atoms with E-state index in [0.29, 0.717) is 19.4 Å². The Morgan fingerprint density at radius 3 is 2.89 bits per heavy atom. The normalized spacial score (nSPS) is 20.6. The number of ether oxygens (including phenoxy) is 2. The first-order chi connectivity index (χ1) is 8.63. The zero-order chi connectivity index (χ0) is 13.4. The summed E-state index contributed by atoms with van der Waals surface area (Å²) < 4.78 is 10.2. The van der Waals surface area contributed by atoms with E-state index in [9.17, 15) is 9.59 Å². The number of methoxy groups -OCH3 is 1. The summed E-state index contributed by atoms with van der Waals surface area (Å²) in [7, 11) is 1.50. The third-order valence-electron chi connectivity index (χ3n) is 2.96. The Hall–Kier alpha value is -1.14. The molecule has 2 N–H and O–H groups in total. The summed E-state index contributed by atoms with van der Waals surface area (Å²) in [6.07, 6.45) is 3.41. The van der Waals surface area contributed by atoms with Gasteiger partial charge in [-0.15, -0.1) is 0 Å². The van der Waals surface area contributed by atoms with E-state index in [1.54, 1.807) is 0 Å². The molecule has 1 fully saturated rings. The molecule has 2 atom stereocenters. The average molecular weight is 259 g/mol. The summed E-state index contributed by atoms with van der Waals surface area (Å²) >= 11 is 0. The van der Waals surface area contributed by atoms with Crippen LogP contribution < -0.4 is 5.32 Å². The van der Waals surface area contributed by atoms with E-state index in [2.05, 4.69) is 5.32 Å². The van der Waals surface area contributed by atoms with Crippen LogP contribution in [0.1, 0.15) is 32.1 Å². The van der Waals surface area contributed by atoms with Crippen molar-refractivity contribution >= 4 is 11.9 Å². The van der Waals surface area contributed by atoms with Crippen molar-refractivity contribution in [1.29, 1.82) is 0 Å². The lowest BCUT2D eigenvalue weighted by molar-refractivity contribution is -0.142. The Morgan fingerprint density at radius 2 is 2.33 bits per heavy atom. The maximum atomic E-state index is 11.6. The Balaban J connectivity index is 2.24. The van der Waals surface area contributed by atoms with Crippen LogP contribution in [0.5, 0.6) is 0 Å². The molecule has 1 aliphatic heterocycles. The smallest absolute Gasteiger partial charge is 0.326 e. The summed E-state index contributed by atoms with van der Waals surface area (Å²) in [4.78, 5) is 22.5. The highest BCUT2D eigenvalue weighted by Crippen LogP contribution is 2.16. The molecule has 1 heterocycles. The molecule has 0 aromatic heterocycles. The number of nitrogens with one attached hydrogen (secondary N) is 1. The highest BCUT2D eigenvalue weighted by molar-refractivity contribution is 5.83. The van der Waals surface area contributed by atoms with Gasteiger partial charge in [0, 0.05) is 33.2 Å². The van der Waals surface area contributed by atoms with Crippen LogP contribution in [-0.4, -0.2) is 49.5 Å². The third kappa shape index (κ3) is 5.46. The molecule has 0 saturated carbocycles. The zero-order valence-corrected chi connectivity index (χ0v) is 10.7. The van der Waals surface area contributed by atoms with Gasteiger partial charge in [-0.2, -0.15) is 0 Å². The summed E-state index contributed by atoms with van der Waals surface area (Å²) in [6, 6.07) is -0.873. The number of carbonyl (C=O) groups is 2. The number of carboxylic acid groups (broad SMARTS) is 1. The SMILES string of the molecule is COCCC(NC(=O)CCC1CCCO1)C(=O)O. The van der Waals surface area contributed by atoms with Gasteiger partial charge < -0.3 is 19.9 Å². The Kier molecular flexibility index (Phi) is 6.67. The second-order valence-electron chi connectivity index (χ2n) is 4.41. The van der Waals surface area contributed by atoms with Gasteiger partial charge in [-0.3, -0.25) is 4.79 Å². The van der Waals surface area contributed by atoms with Crippen molar-refractivity contribution in [2.75, 3.05) is 20.3 Å². The minimum atomic E-state index is -1.03. The quantitative estimate of drug-likeness (QED) is 0.665. The van der Waals surface area contributed by atoms with E-state index in [-0.39, 0.29) is 18.4 Å². The topological polar surface area (TPSA) is 84.9 Å². The minimum absolute atomic E-state index is 0.151. The first kappa shape index (κ1) is 14.9. The molecule has 6 nitrogen and oxygen atoms in total. The van der Waals surface area contributed by atoms with E-state index < -0.39 is 12.0 Å². The Labute approximate surface area is 107 Å². The molecule has 0 radical (unpaired) electrons. The monoisotopic (exact) mass is 259 g/mol. The van der Waals surface area contributed by atoms with Crippen LogP contribution in [0.15, 0.2) is 0 Å². The molecule has 1 amide bonds. The van der Waals surface area contributed by atoms with Crippen molar-refractivity contribution in [2.45, 2.75) is 44.2 Å². The molecule has 1 aliphatic rings. The van der Waals surface area contributed by atoms with Gasteiger partial charge in [-0.1, -0.05) is 0 Å². The fourth-order valence-electron chi connectivity index (χ4n) is 1.92. The molecule has 0 bridgehead atoms. The minimum Gasteiger partial charge on any atom is -0.480 e. The predicted octanol–water partition coefficient (Wildman–Crippen LogP) is 0.552. The molecule has 18 heavy (non-hydrogen) atoms. The summed E-state index contributed by atoms with van der Waals surface area (Å²) in [5, 5.41) is 11.4. The molecule has 0 aliphatic carbocycles. The Bertz CT molecular complexity index is 276. The van der Waals surface area contributed by atoms with Crippen molar-refractivity contribution in [3.05, 3.63) is 0 Å². The molecular weight excluding hydrogens is 238 g/mol. The van der Waals surface area contributed by atoms with Gasteiger partial charge >= 0.3 is 5.97 Å². The number of amides is 1. The van der Waals surface area contributed by atoms with E-state index in [1.165, 1.54) is 7.11 Å². The molecule has 0 spiro atoms. The van der Waals surface area contributed by atoms with E-state index >= 15 is 0 Å². The van der Waals surface area contributed by atoms with E-state index in [1.807, 2.05) is 0 Å². The average Bonchev–Trinajstić information content (AvgIpc) is 2.84. The highest BCUT2D eigenvalue weighted by Gasteiger charge is 2.21. The van der Waals surface area contributed by atoms with Crippen molar-refractivity contribution in [2.24, 2.45) is 0 Å². The van der Waals surface area contributed by atoms with Crippen molar-refractivity contribution in [3.8, 4) is 0 Å². The summed E-state index contributed by atoms with van der Waals surface area (Å²) in [5.74, 6) is -1.27. The van der Waals surface area contributed by atoms with Gasteiger partial charge in [0.15, 0.2) is 0 Å². The second-order valence-corrected chi connectivity index (χ2v) is 4.41. The molecular formula is C12H21NO5. The molecule has 0 aromatic rings. The van der Waals surface area contributed by atoms with Crippen molar-refractivity contribution < 1.29 is 24.2 Å². The molecule has 1 rings (SSSR count). The summed E-state index contributed by atoms with van der Waals surface area (Å²) in [6.45, 7) is 1.07. The van der Waals surface area contributed by atoms with Gasteiger partial charge in [0.25, 0.3) is 0 Å². The van der Waals surface area contributed by atoms with Crippen LogP contribution in [-0.2, 0) is 19.1 Å². The second kappa shape index (κ2) is 8.05. The lowest BCUT2D eigenvalue weighted by atomic mass is 10.1. The number of carbonyl (C=O) groups excluding carboxylic acids is 1. The third-order valence-corrected chi connectivity index (χ3v) is 2.96. The van der Waals surface area contributed by atoms with Gasteiger partial charge in [0.1, 0.15) is 6.04 Å². The van der Waals surface area contributed by atoms with Gasteiger partial charge in [0.05, 0.1) is 6.10 Å². The van der Waals surface area contributed by atoms with Crippen LogP contribution in [0.4, 0.5) is 0 Å². The maximum absolute atomic E-state index is 11.6. The highest BCUT2D eigenvalue weighted by atomic mass is 16.5. The number of aliphatic carboxylic acids is 1. The van der Waals surface area contributed by atoms with Crippen molar-refractivity contribution in [3.63, 3.8) is 0 Å². The molecule has 0 aromatic carbocycles. The van der Waals surface area contributed by atoms with Gasteiger partial charge in [0.2, 0.25) is 5.91 Å². The van der Waals surface area contributed by atoms with Gasteiger partial charge in [-0.25, -0.2) is 4.79 Å². The fourth-order valence-corrected chi connectivity index (χ4v) is 1.92. The first-order valence-electron chi connectivity index (χ1n) is 6.26. The first-order valence-corrected chi connectivity index (χ1v) is 6.26. The number of carboxylic acids is 1. The predicted molar refractivity (Wildman–Crippen MR) is 64.3 cm³/mol. The largest absolute Gasteiger partial charge is 0.480 e. The van der Waals surface area contributed by atoms with Crippen LogP contribution in [0.25, 0.3) is 0 Å². The molecule has 2 unspecified atom stereocenters. The van der Waals surface area contributed by atoms with Crippen LogP contribution in [0, 0.1) is 0 Å². The van der Waals surface area contributed by atoms with E-state index in [4.69, 9.17) is 14.6 Å². The zero-order valence-electron chi connectivity index (χ0n) is 10.7. The Morgan fingerprint density at radius 1 is 1.56 bits per heavy atom. The van der Waals surface area contributed by atoms with Gasteiger partial charge in [-0.05, 0) is 19.3 Å². The number of hydrogen-bond donors (Lipinski definition) is 2. The lowest BCUT2D eigenvalue weighted by Gasteiger charge is -2.15. The molecule has 6 heteroatoms. The number of hydrogen-bond acceptors (Lipinski definition) is 4.